The van der Waals surface area contributed by atoms with Crippen LogP contribution in [-0.2, 0) is 29.0 Å². The summed E-state index contributed by atoms with van der Waals surface area (Å²) in [7, 11) is 0. The molecule has 3 aromatic rings. The molecule has 44 heavy (non-hydrogen) atoms. The van der Waals surface area contributed by atoms with Gasteiger partial charge in [0.2, 0.25) is 11.8 Å². The zero-order valence-corrected chi connectivity index (χ0v) is 26.1. The number of carbonyl (C=O) groups is 3. The summed E-state index contributed by atoms with van der Waals surface area (Å²) in [5.74, 6) is -1.87. The maximum absolute atomic E-state index is 13.7. The average Bonchev–Trinajstić information content (AvgIpc) is 3.28. The fraction of sp³-hybridized carbons (Fsp3) is 0.467. The number of hydrogen-bond acceptors (Lipinski definition) is 4. The minimum Gasteiger partial charge on any atom is -0.343 e. The van der Waals surface area contributed by atoms with Crippen molar-refractivity contribution in [2.75, 3.05) is 31.5 Å². The lowest BCUT2D eigenvalue weighted by molar-refractivity contribution is -0.166. The number of aromatic amines is 1. The van der Waals surface area contributed by atoms with Crippen LogP contribution in [0.15, 0.2) is 34.8 Å². The maximum Gasteiger partial charge on any atom is 0.406 e. The van der Waals surface area contributed by atoms with Crippen LogP contribution in [0.4, 0.5) is 23.7 Å². The average molecular weight is 696 g/mol. The van der Waals surface area contributed by atoms with Crippen molar-refractivity contribution in [3.05, 3.63) is 56.6 Å². The predicted octanol–water partition coefficient (Wildman–Crippen LogP) is 5.90. The summed E-state index contributed by atoms with van der Waals surface area (Å²) in [5.41, 5.74) is 3.64. The highest BCUT2D eigenvalue weighted by molar-refractivity contribution is 9.10. The lowest BCUT2D eigenvalue weighted by atomic mass is 9.88. The Morgan fingerprint density at radius 1 is 1.07 bits per heavy atom. The van der Waals surface area contributed by atoms with E-state index in [4.69, 9.17) is 11.6 Å². The highest BCUT2D eigenvalue weighted by Gasteiger charge is 2.39. The van der Waals surface area contributed by atoms with Gasteiger partial charge in [0.1, 0.15) is 17.2 Å². The number of halogens is 5. The fourth-order valence-corrected chi connectivity index (χ4v) is 7.48. The number of carbonyl (C=O) groups excluding carboxylic acids is 3. The highest BCUT2D eigenvalue weighted by atomic mass is 79.9. The molecule has 3 aliphatic heterocycles. The first-order valence-corrected chi connectivity index (χ1v) is 15.8. The zero-order valence-electron chi connectivity index (χ0n) is 23.7. The maximum atomic E-state index is 13.7. The van der Waals surface area contributed by atoms with Crippen LogP contribution in [0.3, 0.4) is 0 Å². The van der Waals surface area contributed by atoms with Crippen LogP contribution in [0.1, 0.15) is 42.4 Å². The van der Waals surface area contributed by atoms with Crippen molar-refractivity contribution in [3.63, 3.8) is 0 Å². The van der Waals surface area contributed by atoms with Crippen LogP contribution >= 0.6 is 27.5 Å². The largest absolute Gasteiger partial charge is 0.406 e. The van der Waals surface area contributed by atoms with Crippen LogP contribution in [0, 0.1) is 5.92 Å². The summed E-state index contributed by atoms with van der Waals surface area (Å²) in [4.78, 5) is 44.3. The van der Waals surface area contributed by atoms with Crippen LogP contribution < -0.4 is 5.32 Å². The summed E-state index contributed by atoms with van der Waals surface area (Å²) in [6.07, 6.45) is -2.31. The molecule has 6 rings (SSSR count). The fourth-order valence-electron chi connectivity index (χ4n) is 6.67. The molecule has 1 aromatic heterocycles. The van der Waals surface area contributed by atoms with E-state index in [0.717, 1.165) is 28.1 Å². The number of alkyl halides is 3. The summed E-state index contributed by atoms with van der Waals surface area (Å²) in [6, 6.07) is 9.31. The number of aromatic nitrogens is 2. The number of aryl methyl sites for hydroxylation is 1. The molecule has 1 atom stereocenters. The lowest BCUT2D eigenvalue weighted by Gasteiger charge is -2.38. The van der Waals surface area contributed by atoms with Gasteiger partial charge in [-0.15, -0.1) is 0 Å². The molecule has 0 saturated carbocycles. The number of rotatable bonds is 4. The molecule has 0 radical (unpaired) electrons. The van der Waals surface area contributed by atoms with Gasteiger partial charge in [-0.25, -0.2) is 4.79 Å². The Balaban J connectivity index is 1.14. The number of para-hydroxylation sites is 1. The highest BCUT2D eigenvalue weighted by Crippen LogP contribution is 2.37. The number of nitrogens with zero attached hydrogens (tertiary/aromatic N) is 4. The topological polar surface area (TPSA) is 102 Å². The molecule has 4 heterocycles. The van der Waals surface area contributed by atoms with E-state index < -0.39 is 24.5 Å². The molecule has 234 valence electrons. The molecule has 0 aliphatic carbocycles. The van der Waals surface area contributed by atoms with Gasteiger partial charge >= 0.3 is 12.2 Å². The second kappa shape index (κ2) is 12.2. The van der Waals surface area contributed by atoms with Crippen molar-refractivity contribution in [2.24, 2.45) is 5.92 Å². The van der Waals surface area contributed by atoms with Crippen molar-refractivity contribution in [2.45, 2.75) is 57.3 Å². The van der Waals surface area contributed by atoms with Crippen molar-refractivity contribution >= 4 is 62.0 Å². The SMILES string of the molecule is O=C(C[C@@H]1CCc2cc(Br)c3n[nH]c(Cl)c3c2CN(CC(F)(F)F)C1=O)N1CCC(N2CCc3ccccc3NC2=O)CC1. The van der Waals surface area contributed by atoms with Gasteiger partial charge in [-0.3, -0.25) is 14.7 Å². The Labute approximate surface area is 265 Å². The van der Waals surface area contributed by atoms with Gasteiger partial charge in [0.25, 0.3) is 0 Å². The van der Waals surface area contributed by atoms with Gasteiger partial charge < -0.3 is 20.0 Å². The van der Waals surface area contributed by atoms with Crippen molar-refractivity contribution in [1.29, 1.82) is 0 Å². The quantitative estimate of drug-likeness (QED) is 0.355. The van der Waals surface area contributed by atoms with E-state index in [9.17, 15) is 27.6 Å². The summed E-state index contributed by atoms with van der Waals surface area (Å²) >= 11 is 9.81. The first kappa shape index (κ1) is 30.7. The zero-order chi connectivity index (χ0) is 31.2. The first-order valence-electron chi connectivity index (χ1n) is 14.6. The molecule has 1 fully saturated rings. The van der Waals surface area contributed by atoms with E-state index in [0.29, 0.717) is 59.8 Å². The van der Waals surface area contributed by atoms with E-state index in [2.05, 4.69) is 31.4 Å². The molecule has 2 aromatic carbocycles. The third-order valence-electron chi connectivity index (χ3n) is 8.90. The number of likely N-dealkylation sites (tertiary alicyclic amines) is 1. The summed E-state index contributed by atoms with van der Waals surface area (Å²) in [6.45, 7) is -0.355. The molecular weight excluding hydrogens is 665 g/mol. The summed E-state index contributed by atoms with van der Waals surface area (Å²) in [5, 5.41) is 10.5. The number of benzene rings is 2. The first-order chi connectivity index (χ1) is 21.0. The Morgan fingerprint density at radius 3 is 2.57 bits per heavy atom. The summed E-state index contributed by atoms with van der Waals surface area (Å²) < 4.78 is 41.6. The molecule has 2 N–H and O–H groups in total. The van der Waals surface area contributed by atoms with E-state index in [1.165, 1.54) is 0 Å². The lowest BCUT2D eigenvalue weighted by Crippen LogP contribution is -2.50. The minimum atomic E-state index is -4.62. The standard InChI is InChI=1S/C30H31BrClF3N6O3/c31-22-13-18-5-6-19(28(43)40(16-30(33,34)35)15-21(18)25-26(22)37-38-27(25)32)14-24(42)39-10-8-20(9-11-39)41-12-7-17-3-1-2-4-23(17)36-29(41)44/h1-4,13,19-20H,5-12,14-16H2,(H,36,44)(H,37,38)/t19-/m0/s1. The molecule has 1 saturated heterocycles. The van der Waals surface area contributed by atoms with E-state index >= 15 is 0 Å². The Hall–Kier alpha value is -3.32. The number of urea groups is 1. The number of H-pyrrole nitrogens is 1. The second-order valence-electron chi connectivity index (χ2n) is 11.6. The Bertz CT molecular complexity index is 1610. The van der Waals surface area contributed by atoms with Crippen LogP contribution in [-0.4, -0.2) is 81.1 Å². The van der Waals surface area contributed by atoms with Gasteiger partial charge in [0, 0.05) is 60.1 Å². The normalized spacial score (nSPS) is 20.1. The molecule has 9 nitrogen and oxygen atoms in total. The third-order valence-corrected chi connectivity index (χ3v) is 9.78. The number of anilines is 1. The van der Waals surface area contributed by atoms with Crippen molar-refractivity contribution in [3.8, 4) is 0 Å². The number of piperidine rings is 1. The second-order valence-corrected chi connectivity index (χ2v) is 12.9. The van der Waals surface area contributed by atoms with Gasteiger partial charge in [-0.1, -0.05) is 29.8 Å². The minimum absolute atomic E-state index is 0.0415. The Morgan fingerprint density at radius 2 is 1.82 bits per heavy atom. The molecule has 3 aliphatic rings. The van der Waals surface area contributed by atoms with Crippen LogP contribution in [0.5, 0.6) is 0 Å². The number of fused-ring (bicyclic) bond motifs is 4. The van der Waals surface area contributed by atoms with E-state index in [-0.39, 0.29) is 42.5 Å². The molecule has 14 heteroatoms. The van der Waals surface area contributed by atoms with Crippen LogP contribution in [0.25, 0.3) is 10.9 Å². The van der Waals surface area contributed by atoms with E-state index in [1.54, 1.807) is 11.0 Å². The number of amides is 4. The van der Waals surface area contributed by atoms with Crippen LogP contribution in [0.2, 0.25) is 5.15 Å². The van der Waals surface area contributed by atoms with E-state index in [1.807, 2.05) is 29.2 Å². The van der Waals surface area contributed by atoms with Gasteiger partial charge in [0.05, 0.1) is 0 Å². The van der Waals surface area contributed by atoms with Crippen molar-refractivity contribution < 1.29 is 27.6 Å². The molecule has 0 unspecified atom stereocenters. The Kier molecular flexibility index (Phi) is 8.53. The van der Waals surface area contributed by atoms with Gasteiger partial charge in [-0.05, 0) is 76.9 Å². The monoisotopic (exact) mass is 694 g/mol. The van der Waals surface area contributed by atoms with Gasteiger partial charge in [-0.2, -0.15) is 18.3 Å². The molecule has 4 amide bonds. The molecule has 0 bridgehead atoms. The smallest absolute Gasteiger partial charge is 0.343 e. The predicted molar refractivity (Wildman–Crippen MR) is 162 cm³/mol. The number of nitrogens with one attached hydrogen (secondary N) is 2. The molecular formula is C30H31BrClF3N6O3. The number of hydrogen-bond donors (Lipinski definition) is 2. The molecule has 0 spiro atoms. The van der Waals surface area contributed by atoms with Gasteiger partial charge in [0.15, 0.2) is 0 Å². The van der Waals surface area contributed by atoms with Crippen molar-refractivity contribution in [1.82, 2.24) is 24.9 Å². The third kappa shape index (κ3) is 6.26.